The van der Waals surface area contributed by atoms with E-state index in [4.69, 9.17) is 14.8 Å². The van der Waals surface area contributed by atoms with Crippen molar-refractivity contribution in [3.8, 4) is 28.1 Å². The zero-order valence-electron chi connectivity index (χ0n) is 19.8. The fourth-order valence-electron chi connectivity index (χ4n) is 3.72. The van der Waals surface area contributed by atoms with E-state index < -0.39 is 5.91 Å². The summed E-state index contributed by atoms with van der Waals surface area (Å²) < 4.78 is 6.04. The number of amides is 1. The van der Waals surface area contributed by atoms with Crippen LogP contribution < -0.4 is 15.5 Å². The van der Waals surface area contributed by atoms with E-state index in [0.29, 0.717) is 23.1 Å². The van der Waals surface area contributed by atoms with Gasteiger partial charge in [0.1, 0.15) is 5.69 Å². The Kier molecular flexibility index (Phi) is 10.4. The van der Waals surface area contributed by atoms with Gasteiger partial charge in [0.05, 0.1) is 23.8 Å². The smallest absolute Gasteiger partial charge is 0.279 e. The average molecular weight is 531 g/mol. The summed E-state index contributed by atoms with van der Waals surface area (Å²) in [6.45, 7) is 4.30. The fourth-order valence-corrected chi connectivity index (χ4v) is 3.72. The van der Waals surface area contributed by atoms with Crippen molar-refractivity contribution in [1.82, 2.24) is 15.4 Å². The van der Waals surface area contributed by atoms with E-state index in [9.17, 15) is 10.0 Å². The Labute approximate surface area is 221 Å². The van der Waals surface area contributed by atoms with Crippen LogP contribution in [-0.2, 0) is 0 Å². The van der Waals surface area contributed by atoms with Gasteiger partial charge in [-0.05, 0) is 43.2 Å². The van der Waals surface area contributed by atoms with Gasteiger partial charge < -0.3 is 15.2 Å². The number of carbonyl (C=O) groups excluding carboxylic acids is 1. The molecule has 8 nitrogen and oxygen atoms in total. The summed E-state index contributed by atoms with van der Waals surface area (Å²) in [4.78, 5) is 21.5. The number of pyridine rings is 2. The van der Waals surface area contributed by atoms with Crippen molar-refractivity contribution in [2.75, 3.05) is 18.5 Å². The molecule has 0 atom stereocenters. The summed E-state index contributed by atoms with van der Waals surface area (Å²) in [7, 11) is 0. The molecule has 0 aliphatic heterocycles. The first-order valence-corrected chi connectivity index (χ1v) is 11.0. The SMILES string of the molecule is CC(C)Oc1c(-c2ccc(-c3ccc(NCCO)cc3)cc2)nc2ccncc2c1C(=O)NO.Cl.Cl. The van der Waals surface area contributed by atoms with Crippen molar-refractivity contribution in [3.63, 3.8) is 0 Å². The molecule has 190 valence electrons. The van der Waals surface area contributed by atoms with Crippen LogP contribution in [0, 0.1) is 0 Å². The number of halogens is 2. The van der Waals surface area contributed by atoms with Gasteiger partial charge in [0.25, 0.3) is 5.91 Å². The number of benzene rings is 2. The fraction of sp³-hybridized carbons (Fsp3) is 0.192. The number of ether oxygens (including phenoxy) is 1. The predicted octanol–water partition coefficient (Wildman–Crippen LogP) is 5.12. The molecule has 0 aliphatic rings. The number of aromatic nitrogens is 2. The monoisotopic (exact) mass is 530 g/mol. The van der Waals surface area contributed by atoms with Crippen LogP contribution in [0.3, 0.4) is 0 Å². The van der Waals surface area contributed by atoms with E-state index in [1.165, 1.54) is 6.20 Å². The second-order valence-electron chi connectivity index (χ2n) is 7.97. The van der Waals surface area contributed by atoms with E-state index in [1.807, 2.05) is 62.4 Å². The van der Waals surface area contributed by atoms with Gasteiger partial charge in [0.15, 0.2) is 5.75 Å². The van der Waals surface area contributed by atoms with Crippen LogP contribution in [0.15, 0.2) is 67.0 Å². The Balaban J connectivity index is 0.00000228. The first-order chi connectivity index (χ1) is 16.5. The molecule has 10 heteroatoms. The van der Waals surface area contributed by atoms with Gasteiger partial charge in [-0.1, -0.05) is 36.4 Å². The first kappa shape index (κ1) is 28.8. The zero-order valence-corrected chi connectivity index (χ0v) is 21.4. The molecule has 0 aliphatic carbocycles. The summed E-state index contributed by atoms with van der Waals surface area (Å²) in [5.41, 5.74) is 6.73. The molecule has 1 amide bonds. The van der Waals surface area contributed by atoms with Gasteiger partial charge in [-0.25, -0.2) is 10.5 Å². The Morgan fingerprint density at radius 3 is 2.17 bits per heavy atom. The third-order valence-electron chi connectivity index (χ3n) is 5.24. The molecule has 0 spiro atoms. The van der Waals surface area contributed by atoms with Gasteiger partial charge in [-0.2, -0.15) is 0 Å². The van der Waals surface area contributed by atoms with Gasteiger partial charge in [-0.3, -0.25) is 15.0 Å². The van der Waals surface area contributed by atoms with Crippen LogP contribution in [0.1, 0.15) is 24.2 Å². The first-order valence-electron chi connectivity index (χ1n) is 11.0. The van der Waals surface area contributed by atoms with Crippen LogP contribution >= 0.6 is 24.8 Å². The maximum absolute atomic E-state index is 12.6. The molecular formula is C26H28Cl2N4O4. The molecule has 0 saturated carbocycles. The molecular weight excluding hydrogens is 503 g/mol. The van der Waals surface area contributed by atoms with Gasteiger partial charge in [-0.15, -0.1) is 24.8 Å². The summed E-state index contributed by atoms with van der Waals surface area (Å²) in [5.74, 6) is -0.405. The number of aliphatic hydroxyl groups excluding tert-OH is 1. The van der Waals surface area contributed by atoms with Crippen molar-refractivity contribution in [2.24, 2.45) is 0 Å². The van der Waals surface area contributed by atoms with Crippen molar-refractivity contribution in [1.29, 1.82) is 0 Å². The van der Waals surface area contributed by atoms with Gasteiger partial charge in [0, 0.05) is 35.6 Å². The molecule has 4 N–H and O–H groups in total. The Hall–Kier alpha value is -3.43. The lowest BCUT2D eigenvalue weighted by Gasteiger charge is -2.19. The summed E-state index contributed by atoms with van der Waals surface area (Å²) in [5, 5.41) is 22.0. The highest BCUT2D eigenvalue weighted by atomic mass is 35.5. The lowest BCUT2D eigenvalue weighted by atomic mass is 9.99. The molecule has 0 radical (unpaired) electrons. The Morgan fingerprint density at radius 2 is 1.58 bits per heavy atom. The van der Waals surface area contributed by atoms with Crippen LogP contribution in [0.25, 0.3) is 33.3 Å². The number of hydrogen-bond acceptors (Lipinski definition) is 7. The van der Waals surface area contributed by atoms with E-state index in [2.05, 4.69) is 10.3 Å². The third kappa shape index (κ3) is 6.22. The minimum absolute atomic E-state index is 0. The van der Waals surface area contributed by atoms with Gasteiger partial charge >= 0.3 is 0 Å². The maximum Gasteiger partial charge on any atom is 0.279 e. The van der Waals surface area contributed by atoms with Crippen LogP contribution in [-0.4, -0.2) is 45.4 Å². The molecule has 0 fully saturated rings. The highest BCUT2D eigenvalue weighted by molar-refractivity contribution is 6.09. The van der Waals surface area contributed by atoms with Crippen molar-refractivity contribution < 1.29 is 19.8 Å². The second kappa shape index (κ2) is 13.0. The number of hydroxylamine groups is 1. The van der Waals surface area contributed by atoms with E-state index in [0.717, 1.165) is 22.4 Å². The molecule has 2 aromatic carbocycles. The molecule has 0 bridgehead atoms. The highest BCUT2D eigenvalue weighted by Crippen LogP contribution is 2.37. The number of rotatable bonds is 8. The quantitative estimate of drug-likeness (QED) is 0.184. The van der Waals surface area contributed by atoms with Crippen LogP contribution in [0.2, 0.25) is 0 Å². The highest BCUT2D eigenvalue weighted by Gasteiger charge is 2.24. The number of nitrogens with one attached hydrogen (secondary N) is 2. The Bertz CT molecular complexity index is 1300. The molecule has 2 aromatic heterocycles. The molecule has 4 aromatic rings. The number of carbonyl (C=O) groups is 1. The zero-order chi connectivity index (χ0) is 24.1. The number of anilines is 1. The molecule has 0 unspecified atom stereocenters. The minimum atomic E-state index is -0.691. The largest absolute Gasteiger partial charge is 0.488 e. The van der Waals surface area contributed by atoms with Crippen molar-refractivity contribution in [2.45, 2.75) is 20.0 Å². The molecule has 36 heavy (non-hydrogen) atoms. The van der Waals surface area contributed by atoms with Crippen LogP contribution in [0.4, 0.5) is 5.69 Å². The lowest BCUT2D eigenvalue weighted by Crippen LogP contribution is -2.22. The van der Waals surface area contributed by atoms with Crippen molar-refractivity contribution in [3.05, 3.63) is 72.6 Å². The summed E-state index contributed by atoms with van der Waals surface area (Å²) in [6, 6.07) is 17.5. The molecule has 2 heterocycles. The summed E-state index contributed by atoms with van der Waals surface area (Å²) >= 11 is 0. The van der Waals surface area contributed by atoms with Gasteiger partial charge in [0.2, 0.25) is 0 Å². The standard InChI is InChI=1S/C26H26N4O4.2ClH/c1-16(2)34-25-23(26(32)30-33)21-15-27-12-11-22(21)29-24(25)19-5-3-17(4-6-19)18-7-9-20(10-8-18)28-13-14-31;;/h3-12,15-16,28,31,33H,13-14H2,1-2H3,(H,30,32);2*1H. The normalized spacial score (nSPS) is 10.4. The number of fused-ring (bicyclic) bond motifs is 1. The van der Waals surface area contributed by atoms with E-state index >= 15 is 0 Å². The third-order valence-corrected chi connectivity index (χ3v) is 5.24. The second-order valence-corrected chi connectivity index (χ2v) is 7.97. The summed E-state index contributed by atoms with van der Waals surface area (Å²) in [6.07, 6.45) is 2.91. The lowest BCUT2D eigenvalue weighted by molar-refractivity contribution is 0.0702. The average Bonchev–Trinajstić information content (AvgIpc) is 2.86. The number of hydrogen-bond donors (Lipinski definition) is 4. The van der Waals surface area contributed by atoms with E-state index in [1.54, 1.807) is 17.7 Å². The van der Waals surface area contributed by atoms with Crippen LogP contribution in [0.5, 0.6) is 5.75 Å². The Morgan fingerprint density at radius 1 is 0.972 bits per heavy atom. The molecule has 4 rings (SSSR count). The number of aliphatic hydroxyl groups is 1. The topological polar surface area (TPSA) is 117 Å². The molecule has 0 saturated heterocycles. The minimum Gasteiger partial charge on any atom is -0.488 e. The van der Waals surface area contributed by atoms with E-state index in [-0.39, 0.29) is 48.8 Å². The number of nitrogens with zero attached hydrogens (tertiary/aromatic N) is 2. The maximum atomic E-state index is 12.6. The van der Waals surface area contributed by atoms with Crippen molar-refractivity contribution >= 4 is 47.3 Å². The predicted molar refractivity (Wildman–Crippen MR) is 145 cm³/mol.